The number of thiazole rings is 1. The number of hydrogen-bond acceptors (Lipinski definition) is 5. The fourth-order valence-corrected chi connectivity index (χ4v) is 5.59. The van der Waals surface area contributed by atoms with Crippen molar-refractivity contribution in [1.82, 2.24) is 19.3 Å². The van der Waals surface area contributed by atoms with E-state index in [1.165, 1.54) is 11.3 Å². The summed E-state index contributed by atoms with van der Waals surface area (Å²) < 4.78 is 5.71. The van der Waals surface area contributed by atoms with E-state index in [4.69, 9.17) is 0 Å². The Bertz CT molecular complexity index is 1540. The maximum Gasteiger partial charge on any atom is 0.273 e. The van der Waals surface area contributed by atoms with Crippen LogP contribution in [-0.4, -0.2) is 19.3 Å². The van der Waals surface area contributed by atoms with Gasteiger partial charge in [0.15, 0.2) is 5.82 Å². The van der Waals surface area contributed by atoms with Crippen molar-refractivity contribution in [2.45, 2.75) is 32.2 Å². The smallest absolute Gasteiger partial charge is 0.273 e. The lowest BCUT2D eigenvalue weighted by Gasteiger charge is -2.07. The zero-order valence-corrected chi connectivity index (χ0v) is 20.1. The molecule has 4 aromatic rings. The van der Waals surface area contributed by atoms with Gasteiger partial charge in [-0.25, -0.2) is 0 Å². The quantitative estimate of drug-likeness (QED) is 0.416. The predicted octanol–water partition coefficient (Wildman–Crippen LogP) is 3.53. The third-order valence-corrected chi connectivity index (χ3v) is 7.23. The Morgan fingerprint density at radius 2 is 1.94 bits per heavy atom. The van der Waals surface area contributed by atoms with Crippen molar-refractivity contribution in [3.8, 4) is 11.8 Å². The van der Waals surface area contributed by atoms with Crippen LogP contribution in [0.1, 0.15) is 36.5 Å². The highest BCUT2D eigenvalue weighted by atomic mass is 79.9. The molecule has 0 bridgehead atoms. The first kappa shape index (κ1) is 21.6. The van der Waals surface area contributed by atoms with Crippen molar-refractivity contribution in [1.29, 1.82) is 5.26 Å². The van der Waals surface area contributed by atoms with Gasteiger partial charge in [0.2, 0.25) is 0 Å². The number of nitriles is 1. The van der Waals surface area contributed by atoms with E-state index in [1.54, 1.807) is 4.57 Å². The Balaban J connectivity index is 1.83. The molecule has 164 valence electrons. The van der Waals surface area contributed by atoms with Gasteiger partial charge in [-0.15, -0.1) is 21.5 Å². The molecule has 0 radical (unpaired) electrons. The van der Waals surface area contributed by atoms with Crippen LogP contribution in [0.25, 0.3) is 17.3 Å². The fourth-order valence-electron chi connectivity index (χ4n) is 4.07. The molecule has 8 heteroatoms. The molecule has 2 aromatic heterocycles. The largest absolute Gasteiger partial charge is 0.310 e. The van der Waals surface area contributed by atoms with Gasteiger partial charge >= 0.3 is 0 Å². The Morgan fingerprint density at radius 3 is 2.73 bits per heavy atom. The summed E-state index contributed by atoms with van der Waals surface area (Å²) in [7, 11) is 0. The van der Waals surface area contributed by atoms with Gasteiger partial charge in [-0.3, -0.25) is 9.36 Å². The molecule has 33 heavy (non-hydrogen) atoms. The lowest BCUT2D eigenvalue weighted by atomic mass is 10.2. The van der Waals surface area contributed by atoms with E-state index < -0.39 is 0 Å². The molecule has 0 aliphatic carbocycles. The number of benzene rings is 2. The Labute approximate surface area is 202 Å². The minimum absolute atomic E-state index is 0.162. The molecule has 6 nitrogen and oxygen atoms in total. The minimum Gasteiger partial charge on any atom is -0.310 e. The van der Waals surface area contributed by atoms with Gasteiger partial charge in [0.1, 0.15) is 22.1 Å². The van der Waals surface area contributed by atoms with E-state index in [0.29, 0.717) is 26.3 Å². The highest BCUT2D eigenvalue weighted by Gasteiger charge is 2.21. The molecular formula is C25H20BrN5OS. The summed E-state index contributed by atoms with van der Waals surface area (Å²) in [6.45, 7) is 0.779. The fraction of sp³-hybridized carbons (Fsp3) is 0.200. The highest BCUT2D eigenvalue weighted by Crippen LogP contribution is 2.18. The van der Waals surface area contributed by atoms with E-state index in [2.05, 4.69) is 32.2 Å². The molecule has 1 aliphatic rings. The molecule has 0 atom stereocenters. The summed E-state index contributed by atoms with van der Waals surface area (Å²) >= 11 is 4.79. The number of aromatic nitrogens is 4. The van der Waals surface area contributed by atoms with Gasteiger partial charge in [-0.1, -0.05) is 52.7 Å². The van der Waals surface area contributed by atoms with Crippen molar-refractivity contribution in [3.63, 3.8) is 0 Å². The topological polar surface area (TPSA) is 76.5 Å². The van der Waals surface area contributed by atoms with Crippen LogP contribution in [0.3, 0.4) is 0 Å². The first-order chi connectivity index (χ1) is 16.2. The highest BCUT2D eigenvalue weighted by molar-refractivity contribution is 9.10. The average molecular weight is 518 g/mol. The molecule has 0 N–H and O–H groups in total. The molecular weight excluding hydrogens is 498 g/mol. The Kier molecular flexibility index (Phi) is 6.07. The summed E-state index contributed by atoms with van der Waals surface area (Å²) in [5.41, 5.74) is 1.83. The third kappa shape index (κ3) is 4.22. The normalized spacial score (nSPS) is 15.0. The van der Waals surface area contributed by atoms with Crippen LogP contribution in [-0.2, 0) is 13.0 Å². The maximum atomic E-state index is 13.6. The molecule has 5 rings (SSSR count). The number of halogens is 1. The SMILES string of the molecule is N#C/C(c1nnc2n1CCCCC2)=c1/s/c(=C\c2cccc(Br)c2)c(=O)n1-c1ccccc1. The zero-order valence-electron chi connectivity index (χ0n) is 17.7. The van der Waals surface area contributed by atoms with Gasteiger partial charge in [0, 0.05) is 17.4 Å². The number of para-hydroxylation sites is 1. The first-order valence-corrected chi connectivity index (χ1v) is 12.4. The van der Waals surface area contributed by atoms with Gasteiger partial charge in [-0.05, 0) is 48.7 Å². The van der Waals surface area contributed by atoms with Crippen LogP contribution >= 0.6 is 27.3 Å². The van der Waals surface area contributed by atoms with Crippen molar-refractivity contribution in [3.05, 3.63) is 95.8 Å². The van der Waals surface area contributed by atoms with Crippen LogP contribution < -0.4 is 14.8 Å². The van der Waals surface area contributed by atoms with Crippen LogP contribution in [0.15, 0.2) is 63.9 Å². The summed E-state index contributed by atoms with van der Waals surface area (Å²) in [4.78, 5) is 13.6. The molecule has 0 amide bonds. The number of fused-ring (bicyclic) bond motifs is 1. The molecule has 0 fully saturated rings. The van der Waals surface area contributed by atoms with Crippen LogP contribution in [0.4, 0.5) is 0 Å². The van der Waals surface area contributed by atoms with Crippen molar-refractivity contribution < 1.29 is 0 Å². The van der Waals surface area contributed by atoms with Crippen LogP contribution in [0.5, 0.6) is 0 Å². The maximum absolute atomic E-state index is 13.6. The molecule has 0 saturated carbocycles. The first-order valence-electron chi connectivity index (χ1n) is 10.8. The number of aryl methyl sites for hydroxylation is 1. The van der Waals surface area contributed by atoms with E-state index in [9.17, 15) is 10.1 Å². The third-order valence-electron chi connectivity index (χ3n) is 5.64. The van der Waals surface area contributed by atoms with Crippen LogP contribution in [0, 0.1) is 11.3 Å². The Morgan fingerprint density at radius 1 is 1.09 bits per heavy atom. The summed E-state index contributed by atoms with van der Waals surface area (Å²) in [6.07, 6.45) is 5.93. The van der Waals surface area contributed by atoms with Gasteiger partial charge in [0.05, 0.1) is 10.2 Å². The Hall–Kier alpha value is -3.28. The minimum atomic E-state index is -0.162. The summed E-state index contributed by atoms with van der Waals surface area (Å²) in [5, 5.41) is 19.0. The molecule has 1 aliphatic heterocycles. The molecule has 0 saturated heterocycles. The van der Waals surface area contributed by atoms with Crippen LogP contribution in [0.2, 0.25) is 0 Å². The number of hydrogen-bond donors (Lipinski definition) is 0. The van der Waals surface area contributed by atoms with Gasteiger partial charge in [-0.2, -0.15) is 5.26 Å². The average Bonchev–Trinajstić information content (AvgIpc) is 3.26. The second-order valence-electron chi connectivity index (χ2n) is 7.84. The molecule has 2 aromatic carbocycles. The van der Waals surface area contributed by atoms with E-state index >= 15 is 0 Å². The summed E-state index contributed by atoms with van der Waals surface area (Å²) in [6, 6.07) is 19.5. The monoisotopic (exact) mass is 517 g/mol. The van der Waals surface area contributed by atoms with E-state index in [1.807, 2.05) is 65.2 Å². The lowest BCUT2D eigenvalue weighted by molar-refractivity contribution is 0.627. The van der Waals surface area contributed by atoms with Gasteiger partial charge in [0.25, 0.3) is 5.56 Å². The van der Waals surface area contributed by atoms with Crippen molar-refractivity contribution in [2.24, 2.45) is 0 Å². The number of nitrogens with zero attached hydrogens (tertiary/aromatic N) is 5. The van der Waals surface area contributed by atoms with E-state index in [-0.39, 0.29) is 5.56 Å². The van der Waals surface area contributed by atoms with Crippen molar-refractivity contribution >= 4 is 38.9 Å². The lowest BCUT2D eigenvalue weighted by Crippen LogP contribution is -2.31. The predicted molar refractivity (Wildman–Crippen MR) is 133 cm³/mol. The second kappa shape index (κ2) is 9.30. The molecule has 0 spiro atoms. The number of rotatable bonds is 3. The van der Waals surface area contributed by atoms with E-state index in [0.717, 1.165) is 48.1 Å². The molecule has 3 heterocycles. The molecule has 0 unspecified atom stereocenters. The van der Waals surface area contributed by atoms with Gasteiger partial charge < -0.3 is 4.57 Å². The standard InChI is InChI=1S/C25H20BrN5OS/c26-18-9-7-8-17(14-18)15-21-24(32)31(19-10-3-1-4-11-19)25(33-21)20(16-27)23-29-28-22-12-5-2-6-13-30(22)23/h1,3-4,7-11,14-15H,2,5-6,12-13H2/b21-15-,25-20-. The zero-order chi connectivity index (χ0) is 22.8. The summed E-state index contributed by atoms with van der Waals surface area (Å²) in [5.74, 6) is 1.44. The van der Waals surface area contributed by atoms with Crippen molar-refractivity contribution in [2.75, 3.05) is 0 Å². The second-order valence-corrected chi connectivity index (χ2v) is 9.78.